The van der Waals surface area contributed by atoms with Gasteiger partial charge in [-0.25, -0.2) is 9.48 Å². The van der Waals surface area contributed by atoms with Crippen molar-refractivity contribution in [3.8, 4) is 11.5 Å². The Morgan fingerprint density at radius 1 is 1.27 bits per heavy atom. The van der Waals surface area contributed by atoms with Crippen LogP contribution < -0.4 is 9.47 Å². The first-order chi connectivity index (χ1) is 12.5. The van der Waals surface area contributed by atoms with Crippen molar-refractivity contribution in [3.05, 3.63) is 35.7 Å². The maximum absolute atomic E-state index is 12.7. The molecule has 1 N–H and O–H groups in total. The van der Waals surface area contributed by atoms with Gasteiger partial charge in [-0.05, 0) is 30.5 Å². The highest BCUT2D eigenvalue weighted by atomic mass is 16.5. The lowest BCUT2D eigenvalue weighted by Gasteiger charge is -2.25. The summed E-state index contributed by atoms with van der Waals surface area (Å²) in [6, 6.07) is 5.57. The molecular weight excluding hydrogens is 340 g/mol. The molecule has 2 heterocycles. The molecule has 9 nitrogen and oxygen atoms in total. The van der Waals surface area contributed by atoms with Crippen LogP contribution in [0.3, 0.4) is 0 Å². The lowest BCUT2D eigenvalue weighted by Crippen LogP contribution is -2.33. The van der Waals surface area contributed by atoms with Gasteiger partial charge in [0.05, 0.1) is 26.5 Å². The third kappa shape index (κ3) is 3.46. The van der Waals surface area contributed by atoms with Crippen LogP contribution in [0, 0.1) is 0 Å². The molecule has 0 spiro atoms. The molecule has 0 aliphatic carbocycles. The van der Waals surface area contributed by atoms with E-state index in [1.54, 1.807) is 19.1 Å². The molecular formula is C17H20N4O5. The van der Waals surface area contributed by atoms with E-state index in [-0.39, 0.29) is 24.2 Å². The van der Waals surface area contributed by atoms with E-state index in [4.69, 9.17) is 14.6 Å². The molecule has 1 amide bonds. The van der Waals surface area contributed by atoms with Crippen LogP contribution in [0.25, 0.3) is 0 Å². The van der Waals surface area contributed by atoms with Crippen LogP contribution in [0.5, 0.6) is 11.5 Å². The zero-order valence-electron chi connectivity index (χ0n) is 14.6. The first kappa shape index (κ1) is 17.7. The molecule has 0 saturated carbocycles. The van der Waals surface area contributed by atoms with Crippen LogP contribution in [-0.4, -0.2) is 57.6 Å². The molecule has 2 aromatic rings. The highest BCUT2D eigenvalue weighted by molar-refractivity contribution is 5.84. The van der Waals surface area contributed by atoms with Gasteiger partial charge in [-0.3, -0.25) is 4.79 Å². The van der Waals surface area contributed by atoms with E-state index >= 15 is 0 Å². The molecule has 1 aromatic carbocycles. The molecule has 1 aromatic heterocycles. The molecule has 3 rings (SSSR count). The van der Waals surface area contributed by atoms with Gasteiger partial charge >= 0.3 is 5.97 Å². The standard InChI is InChI=1S/C17H20N4O5/c1-25-14-6-5-11(8-15(14)26-2)13-4-3-7-21(13)16(22)10-20-9-12(17(23)24)18-19-20/h5-6,8-9,13H,3-4,7,10H2,1-2H3,(H,23,24). The summed E-state index contributed by atoms with van der Waals surface area (Å²) < 4.78 is 11.8. The van der Waals surface area contributed by atoms with Crippen LogP contribution in [0.2, 0.25) is 0 Å². The summed E-state index contributed by atoms with van der Waals surface area (Å²) in [5.74, 6) is -0.0557. The van der Waals surface area contributed by atoms with Gasteiger partial charge in [-0.15, -0.1) is 5.10 Å². The zero-order valence-corrected chi connectivity index (χ0v) is 14.6. The largest absolute Gasteiger partial charge is 0.493 e. The molecule has 138 valence electrons. The van der Waals surface area contributed by atoms with Gasteiger partial charge in [0.1, 0.15) is 6.54 Å². The number of rotatable bonds is 6. The number of carbonyl (C=O) groups is 2. The SMILES string of the molecule is COc1ccc(C2CCCN2C(=O)Cn2cc(C(=O)O)nn2)cc1OC. The number of nitrogens with zero attached hydrogens (tertiary/aromatic N) is 4. The van der Waals surface area contributed by atoms with E-state index in [1.807, 2.05) is 18.2 Å². The number of aromatic carboxylic acids is 1. The van der Waals surface area contributed by atoms with E-state index in [9.17, 15) is 9.59 Å². The van der Waals surface area contributed by atoms with Crippen molar-refractivity contribution in [1.82, 2.24) is 19.9 Å². The van der Waals surface area contributed by atoms with Crippen molar-refractivity contribution in [2.45, 2.75) is 25.4 Å². The van der Waals surface area contributed by atoms with Gasteiger partial charge in [0.15, 0.2) is 17.2 Å². The van der Waals surface area contributed by atoms with Crippen molar-refractivity contribution >= 4 is 11.9 Å². The number of hydrogen-bond donors (Lipinski definition) is 1. The summed E-state index contributed by atoms with van der Waals surface area (Å²) in [6.07, 6.45) is 2.99. The molecule has 0 bridgehead atoms. The van der Waals surface area contributed by atoms with E-state index in [1.165, 1.54) is 10.9 Å². The van der Waals surface area contributed by atoms with Crippen molar-refractivity contribution in [2.24, 2.45) is 0 Å². The number of carbonyl (C=O) groups excluding carboxylic acids is 1. The quantitative estimate of drug-likeness (QED) is 0.829. The summed E-state index contributed by atoms with van der Waals surface area (Å²) in [4.78, 5) is 25.3. The maximum Gasteiger partial charge on any atom is 0.358 e. The van der Waals surface area contributed by atoms with Crippen LogP contribution in [0.1, 0.15) is 34.9 Å². The number of methoxy groups -OCH3 is 2. The van der Waals surface area contributed by atoms with Gasteiger partial charge in [-0.2, -0.15) is 0 Å². The molecule has 1 saturated heterocycles. The molecule has 1 aliphatic heterocycles. The fourth-order valence-corrected chi connectivity index (χ4v) is 3.17. The first-order valence-electron chi connectivity index (χ1n) is 8.18. The number of ether oxygens (including phenoxy) is 2. The topological polar surface area (TPSA) is 107 Å². The molecule has 26 heavy (non-hydrogen) atoms. The normalized spacial score (nSPS) is 16.5. The van der Waals surface area contributed by atoms with Crippen molar-refractivity contribution in [2.75, 3.05) is 20.8 Å². The van der Waals surface area contributed by atoms with Gasteiger partial charge in [0.2, 0.25) is 5.91 Å². The Morgan fingerprint density at radius 2 is 2.04 bits per heavy atom. The molecule has 1 unspecified atom stereocenters. The monoisotopic (exact) mass is 360 g/mol. The lowest BCUT2D eigenvalue weighted by molar-refractivity contribution is -0.133. The predicted molar refractivity (Wildman–Crippen MR) is 90.2 cm³/mol. The number of carboxylic acid groups (broad SMARTS) is 1. The Kier molecular flexibility index (Phi) is 5.06. The Balaban J connectivity index is 1.76. The average molecular weight is 360 g/mol. The maximum atomic E-state index is 12.7. The Hall–Kier alpha value is -3.10. The molecule has 1 aliphatic rings. The minimum Gasteiger partial charge on any atom is -0.493 e. The molecule has 0 radical (unpaired) electrons. The number of carboxylic acids is 1. The summed E-state index contributed by atoms with van der Waals surface area (Å²) in [5.41, 5.74) is 0.786. The fourth-order valence-electron chi connectivity index (χ4n) is 3.17. The first-order valence-corrected chi connectivity index (χ1v) is 8.18. The number of amides is 1. The van der Waals surface area contributed by atoms with E-state index < -0.39 is 5.97 Å². The fraction of sp³-hybridized carbons (Fsp3) is 0.412. The smallest absolute Gasteiger partial charge is 0.358 e. The number of hydrogen-bond acceptors (Lipinski definition) is 6. The lowest BCUT2D eigenvalue weighted by atomic mass is 10.0. The zero-order chi connectivity index (χ0) is 18.7. The predicted octanol–water partition coefficient (Wildman–Crippen LogP) is 1.36. The third-order valence-corrected chi connectivity index (χ3v) is 4.42. The number of benzene rings is 1. The average Bonchev–Trinajstić information content (AvgIpc) is 3.30. The summed E-state index contributed by atoms with van der Waals surface area (Å²) in [7, 11) is 3.15. The molecule has 9 heteroatoms. The van der Waals surface area contributed by atoms with Crippen LogP contribution in [0.4, 0.5) is 0 Å². The van der Waals surface area contributed by atoms with Crippen molar-refractivity contribution < 1.29 is 24.2 Å². The Morgan fingerprint density at radius 3 is 2.69 bits per heavy atom. The van der Waals surface area contributed by atoms with Gasteiger partial charge < -0.3 is 19.5 Å². The van der Waals surface area contributed by atoms with Gasteiger partial charge in [-0.1, -0.05) is 11.3 Å². The van der Waals surface area contributed by atoms with E-state index in [0.29, 0.717) is 18.0 Å². The summed E-state index contributed by atoms with van der Waals surface area (Å²) in [5, 5.41) is 16.1. The highest BCUT2D eigenvalue weighted by Gasteiger charge is 2.30. The molecule has 1 fully saturated rings. The van der Waals surface area contributed by atoms with Gasteiger partial charge in [0.25, 0.3) is 0 Å². The van der Waals surface area contributed by atoms with Crippen LogP contribution in [0.15, 0.2) is 24.4 Å². The highest BCUT2D eigenvalue weighted by Crippen LogP contribution is 2.36. The van der Waals surface area contributed by atoms with Gasteiger partial charge in [0, 0.05) is 6.54 Å². The molecule has 1 atom stereocenters. The second kappa shape index (κ2) is 7.42. The van der Waals surface area contributed by atoms with Crippen molar-refractivity contribution in [3.63, 3.8) is 0 Å². The minimum absolute atomic E-state index is 0.0515. The second-order valence-electron chi connectivity index (χ2n) is 5.97. The Labute approximate surface area is 150 Å². The summed E-state index contributed by atoms with van der Waals surface area (Å²) in [6.45, 7) is 0.586. The van der Waals surface area contributed by atoms with Crippen LogP contribution >= 0.6 is 0 Å². The van der Waals surface area contributed by atoms with Crippen molar-refractivity contribution in [1.29, 1.82) is 0 Å². The number of aromatic nitrogens is 3. The minimum atomic E-state index is -1.17. The Bertz CT molecular complexity index is 819. The van der Waals surface area contributed by atoms with E-state index in [0.717, 1.165) is 18.4 Å². The number of likely N-dealkylation sites (tertiary alicyclic amines) is 1. The summed E-state index contributed by atoms with van der Waals surface area (Å²) >= 11 is 0. The van der Waals surface area contributed by atoms with Crippen LogP contribution in [-0.2, 0) is 11.3 Å². The third-order valence-electron chi connectivity index (χ3n) is 4.42. The van der Waals surface area contributed by atoms with E-state index in [2.05, 4.69) is 10.3 Å². The second-order valence-corrected chi connectivity index (χ2v) is 5.97.